The molecule has 2 aromatic heterocycles. The minimum Gasteiger partial charge on any atom is -0.279 e. The van der Waals surface area contributed by atoms with E-state index in [2.05, 4.69) is 25.9 Å². The summed E-state index contributed by atoms with van der Waals surface area (Å²) in [5.74, 6) is 0. The topological polar surface area (TPSA) is 69.8 Å². The van der Waals surface area contributed by atoms with Gasteiger partial charge in [0.15, 0.2) is 11.2 Å². The Balaban J connectivity index is 2.20. The average molecular weight is 373 g/mol. The van der Waals surface area contributed by atoms with Gasteiger partial charge in [0, 0.05) is 18.6 Å². The maximum Gasteiger partial charge on any atom is 0.332 e. The van der Waals surface area contributed by atoms with Crippen LogP contribution >= 0.6 is 15.9 Å². The summed E-state index contributed by atoms with van der Waals surface area (Å²) in [6, 6.07) is 9.73. The summed E-state index contributed by atoms with van der Waals surface area (Å²) in [5.41, 5.74) is 1.08. The summed E-state index contributed by atoms with van der Waals surface area (Å²) < 4.78 is 3.05. The van der Waals surface area contributed by atoms with Gasteiger partial charge < -0.3 is 0 Å². The van der Waals surface area contributed by atoms with E-state index in [1.807, 2.05) is 36.4 Å². The van der Waals surface area contributed by atoms with Gasteiger partial charge in [-0.05, 0) is 27.6 Å². The maximum atomic E-state index is 12.1. The monoisotopic (exact) mass is 372 g/mol. The Morgan fingerprint density at radius 3 is 2.52 bits per heavy atom. The van der Waals surface area contributed by atoms with Gasteiger partial charge >= 0.3 is 5.69 Å². The van der Waals surface area contributed by atoms with Gasteiger partial charge in [-0.3, -0.25) is 13.9 Å². The lowest BCUT2D eigenvalue weighted by atomic mass is 10.2. The summed E-state index contributed by atoms with van der Waals surface area (Å²) in [6.07, 6.45) is 3.41. The van der Waals surface area contributed by atoms with Gasteiger partial charge in [0.05, 0.1) is 11.9 Å². The van der Waals surface area contributed by atoms with Crippen molar-refractivity contribution in [3.05, 3.63) is 68.6 Å². The Bertz CT molecular complexity index is 1040. The van der Waals surface area contributed by atoms with Gasteiger partial charge in [-0.2, -0.15) is 0 Å². The molecule has 0 aliphatic carbocycles. The average Bonchev–Trinajstić information content (AvgIpc) is 2.58. The van der Waals surface area contributed by atoms with E-state index < -0.39 is 11.2 Å². The molecule has 0 radical (unpaired) electrons. The first-order chi connectivity index (χ1) is 11.0. The van der Waals surface area contributed by atoms with Crippen LogP contribution in [-0.2, 0) is 14.1 Å². The zero-order valence-corrected chi connectivity index (χ0v) is 14.1. The van der Waals surface area contributed by atoms with Crippen molar-refractivity contribution in [3.8, 4) is 0 Å². The number of nitrogens with zero attached hydrogens (tertiary/aromatic N) is 4. The highest BCUT2D eigenvalue weighted by Gasteiger charge is 2.12. The van der Waals surface area contributed by atoms with Crippen molar-refractivity contribution in [2.75, 3.05) is 0 Å². The number of benzene rings is 1. The molecule has 3 aromatic rings. The van der Waals surface area contributed by atoms with Crippen LogP contribution in [0.3, 0.4) is 0 Å². The summed E-state index contributed by atoms with van der Waals surface area (Å²) in [6.45, 7) is 0. The van der Waals surface area contributed by atoms with Crippen molar-refractivity contribution in [2.45, 2.75) is 0 Å². The minimum absolute atomic E-state index is 0.165. The van der Waals surface area contributed by atoms with Crippen molar-refractivity contribution < 1.29 is 0 Å². The van der Waals surface area contributed by atoms with Crippen molar-refractivity contribution in [1.29, 1.82) is 0 Å². The first-order valence-corrected chi connectivity index (χ1v) is 7.63. The molecule has 0 aliphatic rings. The third kappa shape index (κ3) is 2.75. The van der Waals surface area contributed by atoms with Gasteiger partial charge in [0.2, 0.25) is 0 Å². The fourth-order valence-corrected chi connectivity index (χ4v) is 2.67. The summed E-state index contributed by atoms with van der Waals surface area (Å²) in [4.78, 5) is 32.7. The standard InChI is InChI=1S/C16H13BrN4O2/c1-20-14-13(15(22)21(2)16(20)23)18-9-12(19-14)11(17)8-10-6-4-3-5-7-10/h3-9H,1-2H3/b11-8+. The largest absolute Gasteiger partial charge is 0.332 e. The predicted molar refractivity (Wildman–Crippen MR) is 93.3 cm³/mol. The molecule has 0 bridgehead atoms. The normalized spacial score (nSPS) is 11.9. The van der Waals surface area contributed by atoms with Crippen LogP contribution in [0.2, 0.25) is 0 Å². The first-order valence-electron chi connectivity index (χ1n) is 6.84. The molecule has 0 saturated heterocycles. The highest BCUT2D eigenvalue weighted by atomic mass is 79.9. The first kappa shape index (κ1) is 15.4. The Labute approximate surface area is 139 Å². The molecule has 0 fully saturated rings. The summed E-state index contributed by atoms with van der Waals surface area (Å²) in [7, 11) is 2.99. The molecule has 0 aliphatic heterocycles. The van der Waals surface area contributed by atoms with E-state index >= 15 is 0 Å². The number of fused-ring (bicyclic) bond motifs is 1. The number of hydrogen-bond donors (Lipinski definition) is 0. The van der Waals surface area contributed by atoms with Gasteiger partial charge in [-0.25, -0.2) is 14.8 Å². The molecule has 7 heteroatoms. The maximum absolute atomic E-state index is 12.1. The van der Waals surface area contributed by atoms with Gasteiger partial charge in [0.25, 0.3) is 5.56 Å². The van der Waals surface area contributed by atoms with Gasteiger partial charge in [-0.15, -0.1) is 0 Å². The van der Waals surface area contributed by atoms with Crippen LogP contribution in [0, 0.1) is 0 Å². The van der Waals surface area contributed by atoms with Crippen LogP contribution in [0.15, 0.2) is 46.1 Å². The number of hydrogen-bond acceptors (Lipinski definition) is 4. The smallest absolute Gasteiger partial charge is 0.279 e. The molecule has 0 unspecified atom stereocenters. The second-order valence-corrected chi connectivity index (χ2v) is 5.89. The fourth-order valence-electron chi connectivity index (χ4n) is 2.21. The van der Waals surface area contributed by atoms with Crippen molar-refractivity contribution in [1.82, 2.24) is 19.1 Å². The van der Waals surface area contributed by atoms with E-state index in [0.29, 0.717) is 10.2 Å². The highest BCUT2D eigenvalue weighted by Crippen LogP contribution is 2.22. The Kier molecular flexibility index (Phi) is 3.96. The number of rotatable bonds is 2. The number of aromatic nitrogens is 4. The van der Waals surface area contributed by atoms with Crippen molar-refractivity contribution in [3.63, 3.8) is 0 Å². The molecular formula is C16H13BrN4O2. The van der Waals surface area contributed by atoms with Crippen LogP contribution in [0.4, 0.5) is 0 Å². The van der Waals surface area contributed by atoms with E-state index in [9.17, 15) is 9.59 Å². The number of halogens is 1. The van der Waals surface area contributed by atoms with Crippen LogP contribution in [0.5, 0.6) is 0 Å². The van der Waals surface area contributed by atoms with E-state index in [1.165, 1.54) is 17.8 Å². The third-order valence-electron chi connectivity index (χ3n) is 3.49. The summed E-state index contributed by atoms with van der Waals surface area (Å²) in [5, 5.41) is 0. The molecule has 0 atom stereocenters. The quantitative estimate of drug-likeness (QED) is 0.688. The molecule has 0 saturated carbocycles. The fraction of sp³-hybridized carbons (Fsp3) is 0.125. The minimum atomic E-state index is -0.453. The molecular weight excluding hydrogens is 360 g/mol. The predicted octanol–water partition coefficient (Wildman–Crippen LogP) is 1.92. The van der Waals surface area contributed by atoms with Crippen LogP contribution in [0.25, 0.3) is 21.7 Å². The zero-order valence-electron chi connectivity index (χ0n) is 12.5. The lowest BCUT2D eigenvalue weighted by molar-refractivity contribution is 0.704. The zero-order chi connectivity index (χ0) is 16.6. The van der Waals surface area contributed by atoms with E-state index in [4.69, 9.17) is 0 Å². The van der Waals surface area contributed by atoms with E-state index in [0.717, 1.165) is 10.1 Å². The molecule has 116 valence electrons. The second kappa shape index (κ2) is 5.92. The molecule has 1 aromatic carbocycles. The molecule has 2 heterocycles. The molecule has 23 heavy (non-hydrogen) atoms. The van der Waals surface area contributed by atoms with Gasteiger partial charge in [-0.1, -0.05) is 30.3 Å². The van der Waals surface area contributed by atoms with E-state index in [1.54, 1.807) is 7.05 Å². The number of aryl methyl sites for hydroxylation is 1. The second-order valence-electron chi connectivity index (χ2n) is 5.04. The van der Waals surface area contributed by atoms with E-state index in [-0.39, 0.29) is 11.2 Å². The Morgan fingerprint density at radius 2 is 1.83 bits per heavy atom. The Morgan fingerprint density at radius 1 is 1.13 bits per heavy atom. The molecule has 3 rings (SSSR count). The van der Waals surface area contributed by atoms with Crippen LogP contribution < -0.4 is 11.2 Å². The molecule has 6 nitrogen and oxygen atoms in total. The lowest BCUT2D eigenvalue weighted by Gasteiger charge is -2.07. The Hall–Kier alpha value is -2.54. The molecule has 0 N–H and O–H groups in total. The lowest BCUT2D eigenvalue weighted by Crippen LogP contribution is -2.37. The van der Waals surface area contributed by atoms with Crippen molar-refractivity contribution in [2.24, 2.45) is 14.1 Å². The van der Waals surface area contributed by atoms with Gasteiger partial charge in [0.1, 0.15) is 0 Å². The van der Waals surface area contributed by atoms with Crippen molar-refractivity contribution >= 4 is 37.7 Å². The summed E-state index contributed by atoms with van der Waals surface area (Å²) >= 11 is 3.47. The molecule has 0 spiro atoms. The highest BCUT2D eigenvalue weighted by molar-refractivity contribution is 9.15. The van der Waals surface area contributed by atoms with Crippen LogP contribution in [0.1, 0.15) is 11.3 Å². The molecule has 0 amide bonds. The third-order valence-corrected chi connectivity index (χ3v) is 4.13. The SMILES string of the molecule is Cn1c(=O)c2ncc(/C(Br)=C\c3ccccc3)nc2n(C)c1=O. The van der Waals surface area contributed by atoms with Crippen LogP contribution in [-0.4, -0.2) is 19.1 Å².